The number of benzene rings is 2. The van der Waals surface area contributed by atoms with E-state index in [0.29, 0.717) is 6.42 Å². The summed E-state index contributed by atoms with van der Waals surface area (Å²) in [6.45, 7) is 5.44. The lowest BCUT2D eigenvalue weighted by Crippen LogP contribution is -2.41. The monoisotopic (exact) mass is 419 g/mol. The van der Waals surface area contributed by atoms with Crippen LogP contribution in [-0.2, 0) is 14.8 Å². The topological polar surface area (TPSA) is 110 Å². The van der Waals surface area contributed by atoms with Crippen LogP contribution >= 0.6 is 0 Å². The fraction of sp³-hybridized carbons (Fsp3) is 0.350. The molecule has 2 aromatic carbocycles. The first-order valence-electron chi connectivity index (χ1n) is 9.11. The van der Waals surface area contributed by atoms with E-state index in [-0.39, 0.29) is 17.4 Å². The number of amides is 1. The molecule has 0 spiro atoms. The van der Waals surface area contributed by atoms with Crippen molar-refractivity contribution in [2.24, 2.45) is 0 Å². The maximum absolute atomic E-state index is 12.6. The highest BCUT2D eigenvalue weighted by molar-refractivity contribution is 7.92. The molecule has 29 heavy (non-hydrogen) atoms. The first-order valence-corrected chi connectivity index (χ1v) is 11.0. The number of carbonyl (C=O) groups is 1. The highest BCUT2D eigenvalue weighted by atomic mass is 32.2. The molecule has 0 bridgehead atoms. The summed E-state index contributed by atoms with van der Waals surface area (Å²) in [6.07, 6.45) is 1.59. The molecule has 8 nitrogen and oxygen atoms in total. The van der Waals surface area contributed by atoms with Crippen molar-refractivity contribution in [2.45, 2.75) is 33.2 Å². The van der Waals surface area contributed by atoms with Gasteiger partial charge in [-0.25, -0.2) is 8.42 Å². The predicted molar refractivity (Wildman–Crippen MR) is 112 cm³/mol. The van der Waals surface area contributed by atoms with Gasteiger partial charge in [-0.3, -0.25) is 19.2 Å². The third kappa shape index (κ3) is 5.77. The molecule has 1 atom stereocenters. The maximum Gasteiger partial charge on any atom is 0.271 e. The predicted octanol–water partition coefficient (Wildman–Crippen LogP) is 3.25. The Morgan fingerprint density at radius 3 is 2.41 bits per heavy atom. The number of aryl methyl sites for hydroxylation is 2. The van der Waals surface area contributed by atoms with Gasteiger partial charge in [-0.1, -0.05) is 31.2 Å². The van der Waals surface area contributed by atoms with Crippen molar-refractivity contribution in [1.82, 2.24) is 5.32 Å². The molecule has 0 aliphatic carbocycles. The number of anilines is 1. The van der Waals surface area contributed by atoms with Gasteiger partial charge in [0.25, 0.3) is 5.69 Å². The van der Waals surface area contributed by atoms with Crippen LogP contribution in [0, 0.1) is 24.0 Å². The minimum absolute atomic E-state index is 0.0658. The van der Waals surface area contributed by atoms with Crippen molar-refractivity contribution in [2.75, 3.05) is 17.1 Å². The molecule has 0 aliphatic heterocycles. The average Bonchev–Trinajstić information content (AvgIpc) is 2.65. The van der Waals surface area contributed by atoms with Gasteiger partial charge in [-0.15, -0.1) is 0 Å². The van der Waals surface area contributed by atoms with Gasteiger partial charge in [-0.05, 0) is 43.0 Å². The van der Waals surface area contributed by atoms with Gasteiger partial charge >= 0.3 is 0 Å². The Bertz CT molecular complexity index is 1020. The summed E-state index contributed by atoms with van der Waals surface area (Å²) >= 11 is 0. The molecule has 9 heteroatoms. The quantitative estimate of drug-likeness (QED) is 0.522. The number of non-ortho nitro benzene ring substituents is 1. The highest BCUT2D eigenvalue weighted by Crippen LogP contribution is 2.24. The summed E-state index contributed by atoms with van der Waals surface area (Å²) in [4.78, 5) is 23.0. The standard InChI is InChI=1S/C20H25N3O5S/c1-5-19(16-10-9-14(2)15(3)11-16)21-20(24)13-22(29(4,27)28)17-7-6-8-18(12-17)23(25)26/h6-12,19H,5,13H2,1-4H3,(H,21,24)/t19-/m1/s1. The van der Waals surface area contributed by atoms with Crippen molar-refractivity contribution in [3.05, 3.63) is 69.3 Å². The zero-order chi connectivity index (χ0) is 21.8. The summed E-state index contributed by atoms with van der Waals surface area (Å²) in [7, 11) is -3.83. The second kappa shape index (κ2) is 9.04. The summed E-state index contributed by atoms with van der Waals surface area (Å²) in [5.74, 6) is -0.494. The van der Waals surface area contributed by atoms with Crippen LogP contribution in [0.3, 0.4) is 0 Å². The average molecular weight is 420 g/mol. The van der Waals surface area contributed by atoms with Crippen LogP contribution in [0.2, 0.25) is 0 Å². The molecule has 2 aromatic rings. The smallest absolute Gasteiger partial charge is 0.271 e. The molecule has 0 unspecified atom stereocenters. The van der Waals surface area contributed by atoms with E-state index >= 15 is 0 Å². The molecule has 2 rings (SSSR count). The van der Waals surface area contributed by atoms with E-state index in [0.717, 1.165) is 33.3 Å². The van der Waals surface area contributed by atoms with Gasteiger partial charge in [0.2, 0.25) is 15.9 Å². The molecule has 1 amide bonds. The van der Waals surface area contributed by atoms with E-state index in [1.165, 1.54) is 18.2 Å². The lowest BCUT2D eigenvalue weighted by molar-refractivity contribution is -0.384. The van der Waals surface area contributed by atoms with E-state index < -0.39 is 27.4 Å². The summed E-state index contributed by atoms with van der Waals surface area (Å²) in [6, 6.07) is 10.8. The fourth-order valence-electron chi connectivity index (χ4n) is 2.93. The summed E-state index contributed by atoms with van der Waals surface area (Å²) < 4.78 is 25.3. The molecule has 0 saturated carbocycles. The number of hydrogen-bond acceptors (Lipinski definition) is 5. The molecule has 0 saturated heterocycles. The zero-order valence-corrected chi connectivity index (χ0v) is 17.7. The third-order valence-electron chi connectivity index (χ3n) is 4.69. The molecule has 0 aromatic heterocycles. The first-order chi connectivity index (χ1) is 13.5. The molecular weight excluding hydrogens is 394 g/mol. The van der Waals surface area contributed by atoms with Crippen molar-refractivity contribution in [3.8, 4) is 0 Å². The van der Waals surface area contributed by atoms with E-state index in [1.54, 1.807) is 0 Å². The molecule has 156 valence electrons. The maximum atomic E-state index is 12.6. The van der Waals surface area contributed by atoms with Crippen molar-refractivity contribution < 1.29 is 18.1 Å². The number of nitro benzene ring substituents is 1. The Hall–Kier alpha value is -2.94. The van der Waals surface area contributed by atoms with Crippen LogP contribution < -0.4 is 9.62 Å². The van der Waals surface area contributed by atoms with E-state index in [1.807, 2.05) is 39.0 Å². The number of nitrogens with zero attached hydrogens (tertiary/aromatic N) is 2. The van der Waals surface area contributed by atoms with Crippen LogP contribution in [0.25, 0.3) is 0 Å². The molecule has 1 N–H and O–H groups in total. The Labute approximate surface area is 170 Å². The van der Waals surface area contributed by atoms with Gasteiger partial charge < -0.3 is 5.32 Å². The largest absolute Gasteiger partial charge is 0.348 e. The van der Waals surface area contributed by atoms with Crippen LogP contribution in [-0.4, -0.2) is 32.0 Å². The first kappa shape index (κ1) is 22.4. The number of hydrogen-bond donors (Lipinski definition) is 1. The zero-order valence-electron chi connectivity index (χ0n) is 16.9. The second-order valence-corrected chi connectivity index (χ2v) is 8.83. The molecule has 0 aliphatic rings. The number of sulfonamides is 1. The Kier molecular flexibility index (Phi) is 6.97. The van der Waals surface area contributed by atoms with Crippen LogP contribution in [0.5, 0.6) is 0 Å². The van der Waals surface area contributed by atoms with E-state index in [9.17, 15) is 23.3 Å². The van der Waals surface area contributed by atoms with Crippen molar-refractivity contribution >= 4 is 27.3 Å². The number of nitrogens with one attached hydrogen (secondary N) is 1. The number of rotatable bonds is 8. The molecule has 0 radical (unpaired) electrons. The highest BCUT2D eigenvalue weighted by Gasteiger charge is 2.24. The molecule has 0 heterocycles. The Morgan fingerprint density at radius 2 is 1.86 bits per heavy atom. The lowest BCUT2D eigenvalue weighted by atomic mass is 9.99. The van der Waals surface area contributed by atoms with Gasteiger partial charge in [0.15, 0.2) is 0 Å². The second-order valence-electron chi connectivity index (χ2n) is 6.92. The van der Waals surface area contributed by atoms with Crippen molar-refractivity contribution in [3.63, 3.8) is 0 Å². The minimum Gasteiger partial charge on any atom is -0.348 e. The summed E-state index contributed by atoms with van der Waals surface area (Å²) in [5, 5.41) is 13.9. The number of nitro groups is 1. The van der Waals surface area contributed by atoms with Crippen molar-refractivity contribution in [1.29, 1.82) is 0 Å². The SMILES string of the molecule is CC[C@@H](NC(=O)CN(c1cccc([N+](=O)[O-])c1)S(C)(=O)=O)c1ccc(C)c(C)c1. The minimum atomic E-state index is -3.83. The van der Waals surface area contributed by atoms with Gasteiger partial charge in [0.05, 0.1) is 22.9 Å². The van der Waals surface area contributed by atoms with E-state index in [2.05, 4.69) is 5.32 Å². The summed E-state index contributed by atoms with van der Waals surface area (Å²) in [5.41, 5.74) is 2.99. The van der Waals surface area contributed by atoms with Gasteiger partial charge in [0, 0.05) is 12.1 Å². The number of carbonyl (C=O) groups excluding carboxylic acids is 1. The van der Waals surface area contributed by atoms with Crippen LogP contribution in [0.1, 0.15) is 36.1 Å². The normalized spacial score (nSPS) is 12.3. The Morgan fingerprint density at radius 1 is 1.17 bits per heavy atom. The molecular formula is C20H25N3O5S. The lowest BCUT2D eigenvalue weighted by Gasteiger charge is -2.24. The van der Waals surface area contributed by atoms with Crippen LogP contribution in [0.4, 0.5) is 11.4 Å². The Balaban J connectivity index is 2.25. The van der Waals surface area contributed by atoms with Gasteiger partial charge in [0.1, 0.15) is 6.54 Å². The fourth-order valence-corrected chi connectivity index (χ4v) is 3.78. The molecule has 0 fully saturated rings. The van der Waals surface area contributed by atoms with Gasteiger partial charge in [-0.2, -0.15) is 0 Å². The van der Waals surface area contributed by atoms with E-state index in [4.69, 9.17) is 0 Å². The third-order valence-corrected chi connectivity index (χ3v) is 5.83. The van der Waals surface area contributed by atoms with Crippen LogP contribution in [0.15, 0.2) is 42.5 Å².